The van der Waals surface area contributed by atoms with E-state index in [-0.39, 0.29) is 23.1 Å². The molecule has 21 heavy (non-hydrogen) atoms. The van der Waals surface area contributed by atoms with Gasteiger partial charge in [-0.3, -0.25) is 4.79 Å². The molecule has 0 unspecified atom stereocenters. The first kappa shape index (κ1) is 16.7. The maximum absolute atomic E-state index is 12.0. The molecule has 118 valence electrons. The molecule has 0 radical (unpaired) electrons. The van der Waals surface area contributed by atoms with Crippen molar-refractivity contribution in [3.05, 3.63) is 16.5 Å². The number of hydrogen-bond donors (Lipinski definition) is 1. The summed E-state index contributed by atoms with van der Waals surface area (Å²) < 4.78 is 27.0. The van der Waals surface area contributed by atoms with Crippen molar-refractivity contribution in [1.82, 2.24) is 9.62 Å². The van der Waals surface area contributed by atoms with Gasteiger partial charge in [0.2, 0.25) is 15.9 Å². The number of carbonyl (C=O) groups excluding carboxylic acids is 1. The van der Waals surface area contributed by atoms with E-state index < -0.39 is 10.0 Å². The molecule has 1 aliphatic heterocycles. The lowest BCUT2D eigenvalue weighted by molar-refractivity contribution is -0.132. The zero-order valence-electron chi connectivity index (χ0n) is 11.8. The molecule has 2 heterocycles. The van der Waals surface area contributed by atoms with E-state index in [1.807, 2.05) is 4.90 Å². The number of likely N-dealkylation sites (tertiary alicyclic amines) is 1. The van der Waals surface area contributed by atoms with Crippen LogP contribution >= 0.6 is 22.9 Å². The summed E-state index contributed by atoms with van der Waals surface area (Å²) >= 11 is 6.73. The van der Waals surface area contributed by atoms with Crippen LogP contribution in [-0.2, 0) is 14.8 Å². The average molecular weight is 351 g/mol. The van der Waals surface area contributed by atoms with Crippen LogP contribution in [0.25, 0.3) is 0 Å². The highest BCUT2D eigenvalue weighted by Crippen LogP contribution is 2.25. The van der Waals surface area contributed by atoms with Crippen LogP contribution in [0.1, 0.15) is 26.2 Å². The zero-order valence-corrected chi connectivity index (χ0v) is 14.2. The molecular formula is C13H19ClN2O3S2. The summed E-state index contributed by atoms with van der Waals surface area (Å²) in [4.78, 5) is 13.9. The maximum atomic E-state index is 12.0. The Morgan fingerprint density at radius 3 is 2.90 bits per heavy atom. The fraction of sp³-hybridized carbons (Fsp3) is 0.615. The van der Waals surface area contributed by atoms with Gasteiger partial charge in [0, 0.05) is 26.1 Å². The second-order valence-corrected chi connectivity index (χ2v) is 9.00. The summed E-state index contributed by atoms with van der Waals surface area (Å²) in [6.07, 6.45) is 2.35. The van der Waals surface area contributed by atoms with Crippen molar-refractivity contribution in [2.24, 2.45) is 5.92 Å². The molecule has 1 amide bonds. The van der Waals surface area contributed by atoms with Crippen molar-refractivity contribution in [3.63, 3.8) is 0 Å². The first-order chi connectivity index (χ1) is 9.88. The number of hydrogen-bond acceptors (Lipinski definition) is 4. The van der Waals surface area contributed by atoms with Crippen molar-refractivity contribution in [1.29, 1.82) is 0 Å². The Morgan fingerprint density at radius 2 is 2.29 bits per heavy atom. The van der Waals surface area contributed by atoms with Crippen LogP contribution in [0, 0.1) is 5.92 Å². The molecule has 0 aromatic carbocycles. The predicted octanol–water partition coefficient (Wildman–Crippen LogP) is 2.33. The van der Waals surface area contributed by atoms with Crippen LogP contribution in [-0.4, -0.2) is 38.9 Å². The summed E-state index contributed by atoms with van der Waals surface area (Å²) in [7, 11) is -3.56. The topological polar surface area (TPSA) is 66.5 Å². The molecular weight excluding hydrogens is 332 g/mol. The van der Waals surface area contributed by atoms with Crippen molar-refractivity contribution < 1.29 is 13.2 Å². The third-order valence-electron chi connectivity index (χ3n) is 3.45. The van der Waals surface area contributed by atoms with Gasteiger partial charge < -0.3 is 4.90 Å². The average Bonchev–Trinajstić information content (AvgIpc) is 2.86. The predicted molar refractivity (Wildman–Crippen MR) is 84.1 cm³/mol. The number of rotatable bonds is 5. The standard InChI is InChI=1S/C13H19ClN2O3S2/c1-10-3-2-8-16(9-10)12(17)6-7-15-21(18,19)13-5-4-11(14)20-13/h4-5,10,15H,2-3,6-9H2,1H3/t10-/m0/s1. The summed E-state index contributed by atoms with van der Waals surface area (Å²) in [5.41, 5.74) is 0. The Labute approximate surface area is 134 Å². The molecule has 1 aliphatic rings. The number of thiophene rings is 1. The van der Waals surface area contributed by atoms with Crippen LogP contribution in [0.3, 0.4) is 0 Å². The first-order valence-corrected chi connectivity index (χ1v) is 9.59. The van der Waals surface area contributed by atoms with Crippen molar-refractivity contribution in [2.45, 2.75) is 30.4 Å². The summed E-state index contributed by atoms with van der Waals surface area (Å²) in [6.45, 7) is 3.78. The minimum atomic E-state index is -3.56. The van der Waals surface area contributed by atoms with Gasteiger partial charge in [-0.15, -0.1) is 11.3 Å². The normalized spacial score (nSPS) is 19.7. The molecule has 1 atom stereocenters. The highest BCUT2D eigenvalue weighted by Gasteiger charge is 2.22. The van der Waals surface area contributed by atoms with Gasteiger partial charge in [-0.25, -0.2) is 13.1 Å². The number of carbonyl (C=O) groups is 1. The molecule has 1 N–H and O–H groups in total. The highest BCUT2D eigenvalue weighted by molar-refractivity contribution is 7.91. The molecule has 0 spiro atoms. The fourth-order valence-corrected chi connectivity index (χ4v) is 4.94. The van der Waals surface area contributed by atoms with Gasteiger partial charge in [-0.2, -0.15) is 0 Å². The SMILES string of the molecule is C[C@H]1CCCN(C(=O)CCNS(=O)(=O)c2ccc(Cl)s2)C1. The van der Waals surface area contributed by atoms with Crippen LogP contribution < -0.4 is 4.72 Å². The van der Waals surface area contributed by atoms with Crippen molar-refractivity contribution in [3.8, 4) is 0 Å². The van der Waals surface area contributed by atoms with Crippen LogP contribution in [0.2, 0.25) is 4.34 Å². The summed E-state index contributed by atoms with van der Waals surface area (Å²) in [6, 6.07) is 3.00. The largest absolute Gasteiger partial charge is 0.342 e. The number of sulfonamides is 1. The number of amides is 1. The van der Waals surface area contributed by atoms with E-state index in [1.54, 1.807) is 6.07 Å². The van der Waals surface area contributed by atoms with E-state index in [1.165, 1.54) is 6.07 Å². The number of halogens is 1. The second-order valence-electron chi connectivity index (χ2n) is 5.29. The van der Waals surface area contributed by atoms with Crippen LogP contribution in [0.5, 0.6) is 0 Å². The lowest BCUT2D eigenvalue weighted by atomic mass is 10.0. The van der Waals surface area contributed by atoms with E-state index in [4.69, 9.17) is 11.6 Å². The lowest BCUT2D eigenvalue weighted by Gasteiger charge is -2.31. The number of nitrogens with zero attached hydrogens (tertiary/aromatic N) is 1. The van der Waals surface area contributed by atoms with E-state index in [2.05, 4.69) is 11.6 Å². The Kier molecular flexibility index (Phi) is 5.65. The highest BCUT2D eigenvalue weighted by atomic mass is 35.5. The van der Waals surface area contributed by atoms with Crippen molar-refractivity contribution in [2.75, 3.05) is 19.6 Å². The molecule has 5 nitrogen and oxygen atoms in total. The quantitative estimate of drug-likeness (QED) is 0.886. The van der Waals surface area contributed by atoms with Crippen molar-refractivity contribution >= 4 is 38.9 Å². The Balaban J connectivity index is 1.82. The molecule has 8 heteroatoms. The fourth-order valence-electron chi connectivity index (χ4n) is 2.38. The maximum Gasteiger partial charge on any atom is 0.250 e. The minimum Gasteiger partial charge on any atom is -0.342 e. The Morgan fingerprint density at radius 1 is 1.52 bits per heavy atom. The van der Waals surface area contributed by atoms with E-state index in [9.17, 15) is 13.2 Å². The molecule has 1 aromatic heterocycles. The van der Waals surface area contributed by atoms with Gasteiger partial charge in [0.1, 0.15) is 4.21 Å². The monoisotopic (exact) mass is 350 g/mol. The van der Waals surface area contributed by atoms with Gasteiger partial charge in [-0.05, 0) is 30.9 Å². The second kappa shape index (κ2) is 7.09. The van der Waals surface area contributed by atoms with Crippen LogP contribution in [0.15, 0.2) is 16.3 Å². The molecule has 0 saturated carbocycles. The molecule has 1 saturated heterocycles. The third-order valence-corrected chi connectivity index (χ3v) is 6.64. The lowest BCUT2D eigenvalue weighted by Crippen LogP contribution is -2.40. The van der Waals surface area contributed by atoms with Gasteiger partial charge in [-0.1, -0.05) is 18.5 Å². The molecule has 0 aliphatic carbocycles. The van der Waals surface area contributed by atoms with Gasteiger partial charge in [0.25, 0.3) is 0 Å². The Bertz CT molecular complexity index is 600. The minimum absolute atomic E-state index is 0.00784. The zero-order chi connectivity index (χ0) is 15.5. The summed E-state index contributed by atoms with van der Waals surface area (Å²) in [5, 5.41) is 0. The van der Waals surface area contributed by atoms with Gasteiger partial charge in [0.15, 0.2) is 0 Å². The number of nitrogens with one attached hydrogen (secondary N) is 1. The summed E-state index contributed by atoms with van der Waals surface area (Å²) in [5.74, 6) is 0.529. The molecule has 2 rings (SSSR count). The molecule has 1 fully saturated rings. The first-order valence-electron chi connectivity index (χ1n) is 6.91. The van der Waals surface area contributed by atoms with Gasteiger partial charge >= 0.3 is 0 Å². The smallest absolute Gasteiger partial charge is 0.250 e. The van der Waals surface area contributed by atoms with Gasteiger partial charge in [0.05, 0.1) is 4.34 Å². The third kappa shape index (κ3) is 4.67. The van der Waals surface area contributed by atoms with Crippen LogP contribution in [0.4, 0.5) is 0 Å². The molecule has 1 aromatic rings. The van der Waals surface area contributed by atoms with E-state index >= 15 is 0 Å². The number of piperidine rings is 1. The van der Waals surface area contributed by atoms with E-state index in [0.717, 1.165) is 37.3 Å². The van der Waals surface area contributed by atoms with E-state index in [0.29, 0.717) is 10.3 Å². The molecule has 0 bridgehead atoms. The Hall–Kier alpha value is -0.630.